The lowest BCUT2D eigenvalue weighted by Gasteiger charge is -2.09. The van der Waals surface area contributed by atoms with Gasteiger partial charge in [0.1, 0.15) is 0 Å². The summed E-state index contributed by atoms with van der Waals surface area (Å²) in [7, 11) is 0. The number of fused-ring (bicyclic) bond motifs is 2. The predicted molar refractivity (Wildman–Crippen MR) is 98.0 cm³/mol. The molecule has 4 rings (SSSR count). The molecule has 1 amide bonds. The fraction of sp³-hybridized carbons (Fsp3) is 0.0476. The van der Waals surface area contributed by atoms with Crippen LogP contribution in [0.1, 0.15) is 5.56 Å². The third kappa shape index (κ3) is 2.72. The van der Waals surface area contributed by atoms with Crippen LogP contribution in [0.15, 0.2) is 79.0 Å². The van der Waals surface area contributed by atoms with Crippen LogP contribution in [0.4, 0.5) is 5.69 Å². The predicted octanol–water partition coefficient (Wildman–Crippen LogP) is 4.57. The Morgan fingerprint density at radius 2 is 1.58 bits per heavy atom. The monoisotopic (exact) mass is 312 g/mol. The molecule has 0 atom stereocenters. The molecule has 0 fully saturated rings. The van der Waals surface area contributed by atoms with E-state index >= 15 is 0 Å². The number of benzene rings is 3. The molecule has 0 saturated carbocycles. The largest absolute Gasteiger partial charge is 0.324 e. The number of para-hydroxylation sites is 1. The molecule has 0 radical (unpaired) electrons. The number of carbonyl (C=O) groups excluding carboxylic acids is 1. The van der Waals surface area contributed by atoms with Crippen molar-refractivity contribution >= 4 is 33.3 Å². The second kappa shape index (κ2) is 6.13. The van der Waals surface area contributed by atoms with Crippen LogP contribution >= 0.6 is 0 Å². The van der Waals surface area contributed by atoms with E-state index in [0.717, 1.165) is 32.9 Å². The number of amides is 1. The van der Waals surface area contributed by atoms with E-state index in [1.54, 1.807) is 6.20 Å². The Balaban J connectivity index is 1.62. The SMILES string of the molecule is O=C(Cc1cccc2ccccc12)Nc1cccc2cccnc12. The van der Waals surface area contributed by atoms with E-state index in [-0.39, 0.29) is 5.91 Å². The molecule has 0 saturated heterocycles. The normalized spacial score (nSPS) is 10.8. The van der Waals surface area contributed by atoms with E-state index in [0.29, 0.717) is 6.42 Å². The van der Waals surface area contributed by atoms with E-state index in [2.05, 4.69) is 28.5 Å². The van der Waals surface area contributed by atoms with Crippen LogP contribution in [0.25, 0.3) is 21.7 Å². The number of carbonyl (C=O) groups is 1. The van der Waals surface area contributed by atoms with Crippen molar-refractivity contribution in [2.45, 2.75) is 6.42 Å². The van der Waals surface area contributed by atoms with E-state index in [1.807, 2.05) is 54.6 Å². The van der Waals surface area contributed by atoms with Gasteiger partial charge in [-0.1, -0.05) is 60.7 Å². The van der Waals surface area contributed by atoms with Crippen molar-refractivity contribution in [1.29, 1.82) is 0 Å². The fourth-order valence-corrected chi connectivity index (χ4v) is 3.02. The molecule has 3 nitrogen and oxygen atoms in total. The molecular weight excluding hydrogens is 296 g/mol. The van der Waals surface area contributed by atoms with Crippen LogP contribution < -0.4 is 5.32 Å². The summed E-state index contributed by atoms with van der Waals surface area (Å²) in [6.07, 6.45) is 2.08. The summed E-state index contributed by atoms with van der Waals surface area (Å²) in [5, 5.41) is 6.28. The molecule has 3 heteroatoms. The highest BCUT2D eigenvalue weighted by Gasteiger charge is 2.09. The molecule has 0 aliphatic heterocycles. The van der Waals surface area contributed by atoms with Crippen LogP contribution in [0.3, 0.4) is 0 Å². The molecule has 0 aliphatic rings. The minimum Gasteiger partial charge on any atom is -0.324 e. The first kappa shape index (κ1) is 14.4. The molecule has 3 aromatic carbocycles. The van der Waals surface area contributed by atoms with Crippen LogP contribution in [0.5, 0.6) is 0 Å². The van der Waals surface area contributed by atoms with Crippen LogP contribution in [-0.4, -0.2) is 10.9 Å². The summed E-state index contributed by atoms with van der Waals surface area (Å²) in [5.74, 6) is -0.0375. The Morgan fingerprint density at radius 1 is 0.833 bits per heavy atom. The van der Waals surface area contributed by atoms with Gasteiger partial charge in [-0.2, -0.15) is 0 Å². The zero-order chi connectivity index (χ0) is 16.4. The Morgan fingerprint density at radius 3 is 2.54 bits per heavy atom. The van der Waals surface area contributed by atoms with Crippen molar-refractivity contribution in [2.24, 2.45) is 0 Å². The van der Waals surface area contributed by atoms with Crippen molar-refractivity contribution < 1.29 is 4.79 Å². The third-order valence-corrected chi connectivity index (χ3v) is 4.14. The smallest absolute Gasteiger partial charge is 0.228 e. The second-order valence-corrected chi connectivity index (χ2v) is 5.74. The number of hydrogen-bond donors (Lipinski definition) is 1. The van der Waals surface area contributed by atoms with E-state index in [9.17, 15) is 4.79 Å². The van der Waals surface area contributed by atoms with Gasteiger partial charge >= 0.3 is 0 Å². The van der Waals surface area contributed by atoms with Gasteiger partial charge in [-0.3, -0.25) is 9.78 Å². The lowest BCUT2D eigenvalue weighted by atomic mass is 10.0. The van der Waals surface area contributed by atoms with Gasteiger partial charge in [0.25, 0.3) is 0 Å². The van der Waals surface area contributed by atoms with Gasteiger partial charge in [0, 0.05) is 11.6 Å². The fourth-order valence-electron chi connectivity index (χ4n) is 3.02. The highest BCUT2D eigenvalue weighted by Crippen LogP contribution is 2.22. The van der Waals surface area contributed by atoms with Gasteiger partial charge in [-0.15, -0.1) is 0 Å². The Hall–Kier alpha value is -3.20. The topological polar surface area (TPSA) is 42.0 Å². The van der Waals surface area contributed by atoms with Gasteiger partial charge < -0.3 is 5.32 Å². The summed E-state index contributed by atoms with van der Waals surface area (Å²) in [5.41, 5.74) is 2.59. The number of nitrogens with zero attached hydrogens (tertiary/aromatic N) is 1. The van der Waals surface area contributed by atoms with Gasteiger partial charge in [0.2, 0.25) is 5.91 Å². The zero-order valence-electron chi connectivity index (χ0n) is 13.1. The first-order chi connectivity index (χ1) is 11.8. The molecule has 0 aliphatic carbocycles. The van der Waals surface area contributed by atoms with E-state index < -0.39 is 0 Å². The standard InChI is InChI=1S/C21H16N2O/c24-20(14-17-9-3-7-15-6-1-2-11-18(15)17)23-19-12-4-8-16-10-5-13-22-21(16)19/h1-13H,14H2,(H,23,24). The van der Waals surface area contributed by atoms with Crippen molar-refractivity contribution in [2.75, 3.05) is 5.32 Å². The quantitative estimate of drug-likeness (QED) is 0.602. The van der Waals surface area contributed by atoms with Crippen molar-refractivity contribution in [3.8, 4) is 0 Å². The number of hydrogen-bond acceptors (Lipinski definition) is 2. The molecule has 0 spiro atoms. The van der Waals surface area contributed by atoms with Crippen molar-refractivity contribution in [1.82, 2.24) is 4.98 Å². The van der Waals surface area contributed by atoms with Crippen molar-refractivity contribution in [3.63, 3.8) is 0 Å². The molecule has 4 aromatic rings. The van der Waals surface area contributed by atoms with Crippen LogP contribution in [0, 0.1) is 0 Å². The lowest BCUT2D eigenvalue weighted by molar-refractivity contribution is -0.115. The third-order valence-electron chi connectivity index (χ3n) is 4.14. The number of aromatic nitrogens is 1. The first-order valence-electron chi connectivity index (χ1n) is 7.91. The van der Waals surface area contributed by atoms with Crippen LogP contribution in [0.2, 0.25) is 0 Å². The maximum Gasteiger partial charge on any atom is 0.228 e. The van der Waals surface area contributed by atoms with Crippen molar-refractivity contribution in [3.05, 3.63) is 84.6 Å². The Labute approximate surface area is 140 Å². The summed E-state index contributed by atoms with van der Waals surface area (Å²) < 4.78 is 0. The Kier molecular flexibility index (Phi) is 3.67. The van der Waals surface area contributed by atoms with Gasteiger partial charge in [-0.05, 0) is 28.5 Å². The number of anilines is 1. The average molecular weight is 312 g/mol. The molecule has 116 valence electrons. The number of nitrogens with one attached hydrogen (secondary N) is 1. The average Bonchev–Trinajstić information content (AvgIpc) is 2.62. The van der Waals surface area contributed by atoms with E-state index in [4.69, 9.17) is 0 Å². The second-order valence-electron chi connectivity index (χ2n) is 5.74. The maximum absolute atomic E-state index is 12.5. The highest BCUT2D eigenvalue weighted by molar-refractivity contribution is 6.02. The Bertz CT molecular complexity index is 946. The molecule has 1 aromatic heterocycles. The van der Waals surface area contributed by atoms with E-state index in [1.165, 1.54) is 0 Å². The molecular formula is C21H16N2O. The minimum atomic E-state index is -0.0375. The van der Waals surface area contributed by atoms with Gasteiger partial charge in [0.15, 0.2) is 0 Å². The van der Waals surface area contributed by atoms with Gasteiger partial charge in [0.05, 0.1) is 17.6 Å². The summed E-state index contributed by atoms with van der Waals surface area (Å²) in [6.45, 7) is 0. The molecule has 1 N–H and O–H groups in total. The molecule has 0 bridgehead atoms. The summed E-state index contributed by atoms with van der Waals surface area (Å²) in [6, 6.07) is 23.9. The van der Waals surface area contributed by atoms with Crippen LogP contribution in [-0.2, 0) is 11.2 Å². The molecule has 0 unspecified atom stereocenters. The van der Waals surface area contributed by atoms with Gasteiger partial charge in [-0.25, -0.2) is 0 Å². The molecule has 24 heavy (non-hydrogen) atoms. The lowest BCUT2D eigenvalue weighted by Crippen LogP contribution is -2.15. The zero-order valence-corrected chi connectivity index (χ0v) is 13.1. The minimum absolute atomic E-state index is 0.0375. The first-order valence-corrected chi connectivity index (χ1v) is 7.91. The number of rotatable bonds is 3. The number of pyridine rings is 1. The highest BCUT2D eigenvalue weighted by atomic mass is 16.1. The summed E-state index contributed by atoms with van der Waals surface area (Å²) in [4.78, 5) is 16.9. The molecule has 1 heterocycles. The maximum atomic E-state index is 12.5. The summed E-state index contributed by atoms with van der Waals surface area (Å²) >= 11 is 0.